The molecule has 0 bridgehead atoms. The minimum Gasteiger partial charge on any atom is -0.370 e. The Labute approximate surface area is 121 Å². The lowest BCUT2D eigenvalue weighted by Gasteiger charge is -2.33. The van der Waals surface area contributed by atoms with Crippen molar-refractivity contribution in [1.29, 1.82) is 5.26 Å². The van der Waals surface area contributed by atoms with E-state index in [2.05, 4.69) is 50.6 Å². The molecule has 0 aliphatic carbocycles. The van der Waals surface area contributed by atoms with Gasteiger partial charge in [0.1, 0.15) is 17.3 Å². The van der Waals surface area contributed by atoms with Crippen LogP contribution in [0.25, 0.3) is 0 Å². The van der Waals surface area contributed by atoms with Crippen molar-refractivity contribution in [1.82, 2.24) is 0 Å². The molecule has 1 aliphatic rings. The van der Waals surface area contributed by atoms with Gasteiger partial charge in [-0.3, -0.25) is 4.90 Å². The SMILES string of the molecule is CCN(CC)c1[nH+]c(C)c2c(c1C#N)CC(C)(C)OC2. The first-order valence-corrected chi connectivity index (χ1v) is 7.30. The van der Waals surface area contributed by atoms with Crippen molar-refractivity contribution in [2.24, 2.45) is 0 Å². The predicted molar refractivity (Wildman–Crippen MR) is 78.6 cm³/mol. The quantitative estimate of drug-likeness (QED) is 0.850. The summed E-state index contributed by atoms with van der Waals surface area (Å²) < 4.78 is 5.88. The number of aromatic amines is 1. The highest BCUT2D eigenvalue weighted by molar-refractivity contribution is 5.57. The van der Waals surface area contributed by atoms with Gasteiger partial charge in [0.15, 0.2) is 0 Å². The number of fused-ring (bicyclic) bond motifs is 1. The number of hydrogen-bond acceptors (Lipinski definition) is 3. The first-order valence-electron chi connectivity index (χ1n) is 7.30. The van der Waals surface area contributed by atoms with Crippen molar-refractivity contribution in [3.05, 3.63) is 22.4 Å². The predicted octanol–water partition coefficient (Wildman–Crippen LogP) is 2.38. The van der Waals surface area contributed by atoms with Gasteiger partial charge in [0.25, 0.3) is 5.82 Å². The van der Waals surface area contributed by atoms with E-state index in [1.165, 1.54) is 0 Å². The van der Waals surface area contributed by atoms with Gasteiger partial charge in [-0.2, -0.15) is 5.26 Å². The molecule has 0 aromatic carbocycles. The Morgan fingerprint density at radius 2 is 1.95 bits per heavy atom. The van der Waals surface area contributed by atoms with Crippen molar-refractivity contribution >= 4 is 5.82 Å². The second-order valence-electron chi connectivity index (χ2n) is 5.94. The molecule has 4 heteroatoms. The average molecular weight is 274 g/mol. The third-order valence-corrected chi connectivity index (χ3v) is 4.06. The minimum atomic E-state index is -0.201. The molecule has 2 heterocycles. The van der Waals surface area contributed by atoms with Crippen LogP contribution in [0.2, 0.25) is 0 Å². The van der Waals surface area contributed by atoms with Crippen molar-refractivity contribution < 1.29 is 9.72 Å². The number of nitrogens with zero attached hydrogens (tertiary/aromatic N) is 2. The Balaban J connectivity index is 2.63. The summed E-state index contributed by atoms with van der Waals surface area (Å²) in [6.07, 6.45) is 0.787. The highest BCUT2D eigenvalue weighted by Gasteiger charge is 2.33. The number of anilines is 1. The van der Waals surface area contributed by atoms with E-state index in [9.17, 15) is 5.26 Å². The number of nitriles is 1. The van der Waals surface area contributed by atoms with E-state index >= 15 is 0 Å². The molecule has 2 rings (SSSR count). The molecule has 20 heavy (non-hydrogen) atoms. The molecular formula is C16H24N3O+. The summed E-state index contributed by atoms with van der Waals surface area (Å²) in [5, 5.41) is 9.64. The Bertz CT molecular complexity index is 554. The molecule has 0 saturated carbocycles. The molecule has 0 unspecified atom stereocenters. The summed E-state index contributed by atoms with van der Waals surface area (Å²) in [6, 6.07) is 2.41. The number of aryl methyl sites for hydroxylation is 1. The number of ether oxygens (including phenoxy) is 1. The molecule has 108 valence electrons. The number of hydrogen-bond donors (Lipinski definition) is 0. The van der Waals surface area contributed by atoms with Crippen molar-refractivity contribution in [2.75, 3.05) is 18.0 Å². The monoisotopic (exact) mass is 274 g/mol. The van der Waals surface area contributed by atoms with Crippen LogP contribution in [0.3, 0.4) is 0 Å². The molecule has 1 N–H and O–H groups in total. The van der Waals surface area contributed by atoms with Crippen LogP contribution < -0.4 is 9.88 Å². The zero-order valence-corrected chi connectivity index (χ0v) is 13.1. The van der Waals surface area contributed by atoms with E-state index in [0.717, 1.165) is 47.7 Å². The van der Waals surface area contributed by atoms with E-state index in [4.69, 9.17) is 4.74 Å². The third-order valence-electron chi connectivity index (χ3n) is 4.06. The summed E-state index contributed by atoms with van der Waals surface area (Å²) >= 11 is 0. The molecule has 1 aliphatic heterocycles. The summed E-state index contributed by atoms with van der Waals surface area (Å²) in [7, 11) is 0. The molecule has 0 saturated heterocycles. The molecule has 0 fully saturated rings. The first kappa shape index (κ1) is 14.8. The number of aromatic nitrogens is 1. The van der Waals surface area contributed by atoms with Crippen molar-refractivity contribution in [3.63, 3.8) is 0 Å². The molecule has 0 amide bonds. The van der Waals surface area contributed by atoms with Gasteiger partial charge in [-0.15, -0.1) is 0 Å². The van der Waals surface area contributed by atoms with Crippen LogP contribution in [-0.2, 0) is 17.8 Å². The second-order valence-corrected chi connectivity index (χ2v) is 5.94. The van der Waals surface area contributed by atoms with Gasteiger partial charge >= 0.3 is 0 Å². The Morgan fingerprint density at radius 3 is 2.50 bits per heavy atom. The van der Waals surface area contributed by atoms with Crippen LogP contribution in [0.4, 0.5) is 5.82 Å². The van der Waals surface area contributed by atoms with Gasteiger partial charge in [0.05, 0.1) is 25.3 Å². The van der Waals surface area contributed by atoms with Crippen LogP contribution in [0.1, 0.15) is 50.1 Å². The van der Waals surface area contributed by atoms with Crippen LogP contribution in [0.5, 0.6) is 0 Å². The van der Waals surface area contributed by atoms with E-state index < -0.39 is 0 Å². The van der Waals surface area contributed by atoms with Gasteiger partial charge in [0.2, 0.25) is 0 Å². The smallest absolute Gasteiger partial charge is 0.293 e. The maximum atomic E-state index is 9.64. The zero-order valence-electron chi connectivity index (χ0n) is 13.1. The normalized spacial score (nSPS) is 16.4. The van der Waals surface area contributed by atoms with Gasteiger partial charge < -0.3 is 4.74 Å². The van der Waals surface area contributed by atoms with E-state index in [1.807, 2.05) is 0 Å². The van der Waals surface area contributed by atoms with Gasteiger partial charge in [-0.1, -0.05) is 0 Å². The van der Waals surface area contributed by atoms with Crippen LogP contribution in [0, 0.1) is 18.3 Å². The second kappa shape index (κ2) is 5.41. The standard InChI is InChI=1S/C16H23N3O/c1-6-19(7-2)15-13(9-17)12-8-16(4,5)20-10-14(12)11(3)18-15/h6-8,10H2,1-5H3/p+1. The van der Waals surface area contributed by atoms with Crippen LogP contribution in [0.15, 0.2) is 0 Å². The van der Waals surface area contributed by atoms with Gasteiger partial charge in [-0.05, 0) is 40.2 Å². The van der Waals surface area contributed by atoms with Crippen molar-refractivity contribution in [2.45, 2.75) is 53.2 Å². The minimum absolute atomic E-state index is 0.201. The maximum Gasteiger partial charge on any atom is 0.293 e. The maximum absolute atomic E-state index is 9.64. The lowest BCUT2D eigenvalue weighted by molar-refractivity contribution is -0.375. The Hall–Kier alpha value is -1.60. The highest BCUT2D eigenvalue weighted by Crippen LogP contribution is 2.33. The summed E-state index contributed by atoms with van der Waals surface area (Å²) in [6.45, 7) is 12.8. The molecule has 0 spiro atoms. The van der Waals surface area contributed by atoms with Gasteiger partial charge in [0, 0.05) is 12.0 Å². The highest BCUT2D eigenvalue weighted by atomic mass is 16.5. The van der Waals surface area contributed by atoms with E-state index in [0.29, 0.717) is 6.61 Å². The lowest BCUT2D eigenvalue weighted by Crippen LogP contribution is -2.37. The molecule has 4 nitrogen and oxygen atoms in total. The molecule has 0 atom stereocenters. The number of nitrogens with one attached hydrogen (secondary N) is 1. The Kier molecular flexibility index (Phi) is 4.01. The number of H-pyrrole nitrogens is 1. The molecule has 1 aromatic heterocycles. The molecule has 1 aromatic rings. The fourth-order valence-electron chi connectivity index (χ4n) is 2.87. The van der Waals surface area contributed by atoms with Crippen LogP contribution >= 0.6 is 0 Å². The molecule has 0 radical (unpaired) electrons. The fourth-order valence-corrected chi connectivity index (χ4v) is 2.87. The Morgan fingerprint density at radius 1 is 1.30 bits per heavy atom. The van der Waals surface area contributed by atoms with E-state index in [-0.39, 0.29) is 5.60 Å². The average Bonchev–Trinajstić information content (AvgIpc) is 2.39. The van der Waals surface area contributed by atoms with Crippen LogP contribution in [-0.4, -0.2) is 18.7 Å². The van der Waals surface area contributed by atoms with Crippen molar-refractivity contribution in [3.8, 4) is 6.07 Å². The summed E-state index contributed by atoms with van der Waals surface area (Å²) in [4.78, 5) is 5.61. The molecular weight excluding hydrogens is 250 g/mol. The first-order chi connectivity index (χ1) is 9.43. The lowest BCUT2D eigenvalue weighted by atomic mass is 9.88. The fraction of sp³-hybridized carbons (Fsp3) is 0.625. The summed E-state index contributed by atoms with van der Waals surface area (Å²) in [5.74, 6) is 0.950. The van der Waals surface area contributed by atoms with E-state index in [1.54, 1.807) is 0 Å². The number of pyridine rings is 1. The zero-order chi connectivity index (χ0) is 14.9. The largest absolute Gasteiger partial charge is 0.370 e. The van der Waals surface area contributed by atoms with Gasteiger partial charge in [-0.25, -0.2) is 4.98 Å². The topological polar surface area (TPSA) is 50.4 Å². The third kappa shape index (κ3) is 2.51. The summed E-state index contributed by atoms with van der Waals surface area (Å²) in [5.41, 5.74) is 3.99. The number of rotatable bonds is 3.